The van der Waals surface area contributed by atoms with Crippen molar-refractivity contribution in [3.63, 3.8) is 0 Å². The molecule has 0 saturated carbocycles. The molecule has 0 bridgehead atoms. The molecule has 2 aromatic carbocycles. The molecule has 0 aliphatic rings. The molecule has 0 fully saturated rings. The molecule has 0 aliphatic carbocycles. The SMILES string of the molecule is NCC(=O)NCC(=O)NCCNC(=O)c1ccc(N=Nc2ccccc2)cc1. The van der Waals surface area contributed by atoms with Gasteiger partial charge in [-0.05, 0) is 36.4 Å². The number of amides is 3. The Morgan fingerprint density at radius 2 is 1.36 bits per heavy atom. The van der Waals surface area contributed by atoms with Gasteiger partial charge in [-0.2, -0.15) is 10.2 Å². The van der Waals surface area contributed by atoms with E-state index in [0.717, 1.165) is 5.69 Å². The topological polar surface area (TPSA) is 138 Å². The molecule has 0 unspecified atom stereocenters. The first-order valence-electron chi connectivity index (χ1n) is 8.67. The zero-order valence-corrected chi connectivity index (χ0v) is 15.2. The summed E-state index contributed by atoms with van der Waals surface area (Å²) in [5.74, 6) is -1.03. The number of hydrogen-bond donors (Lipinski definition) is 4. The van der Waals surface area contributed by atoms with E-state index in [-0.39, 0.29) is 38.0 Å². The second kappa shape index (κ2) is 11.2. The second-order valence-corrected chi connectivity index (χ2v) is 5.67. The summed E-state index contributed by atoms with van der Waals surface area (Å²) in [5.41, 5.74) is 6.97. The quantitative estimate of drug-likeness (QED) is 0.380. The molecule has 0 aliphatic heterocycles. The summed E-state index contributed by atoms with van der Waals surface area (Å²) in [6, 6.07) is 16.0. The minimum absolute atomic E-state index is 0.150. The Hall–Kier alpha value is -3.59. The highest BCUT2D eigenvalue weighted by atomic mass is 16.2. The largest absolute Gasteiger partial charge is 0.353 e. The summed E-state index contributed by atoms with van der Waals surface area (Å²) in [6.45, 7) is 0.177. The third kappa shape index (κ3) is 7.34. The van der Waals surface area contributed by atoms with Crippen LogP contribution in [-0.4, -0.2) is 43.9 Å². The minimum atomic E-state index is -0.407. The summed E-state index contributed by atoms with van der Waals surface area (Å²) in [6.07, 6.45) is 0. The predicted molar refractivity (Wildman–Crippen MR) is 104 cm³/mol. The van der Waals surface area contributed by atoms with Crippen molar-refractivity contribution in [1.82, 2.24) is 16.0 Å². The summed E-state index contributed by atoms with van der Waals surface area (Å²) in [4.78, 5) is 34.5. The Balaban J connectivity index is 1.72. The maximum absolute atomic E-state index is 12.1. The van der Waals surface area contributed by atoms with Crippen LogP contribution in [0.1, 0.15) is 10.4 Å². The number of carbonyl (C=O) groups excluding carboxylic acids is 3. The average molecular weight is 382 g/mol. The van der Waals surface area contributed by atoms with E-state index in [2.05, 4.69) is 26.2 Å². The van der Waals surface area contributed by atoms with Gasteiger partial charge in [0.05, 0.1) is 24.5 Å². The highest BCUT2D eigenvalue weighted by Crippen LogP contribution is 2.18. The number of rotatable bonds is 9. The molecule has 5 N–H and O–H groups in total. The first-order chi connectivity index (χ1) is 13.6. The monoisotopic (exact) mass is 382 g/mol. The van der Waals surface area contributed by atoms with Crippen molar-refractivity contribution >= 4 is 29.1 Å². The van der Waals surface area contributed by atoms with Gasteiger partial charge >= 0.3 is 0 Å². The lowest BCUT2D eigenvalue weighted by molar-refractivity contribution is -0.125. The van der Waals surface area contributed by atoms with E-state index in [1.807, 2.05) is 30.3 Å². The molecule has 2 aromatic rings. The molecule has 9 nitrogen and oxygen atoms in total. The molecule has 2 rings (SSSR count). The Kier molecular flexibility index (Phi) is 8.28. The highest BCUT2D eigenvalue weighted by Gasteiger charge is 2.06. The lowest BCUT2D eigenvalue weighted by Gasteiger charge is -2.08. The molecule has 0 spiro atoms. The standard InChI is InChI=1S/C19H22N6O3/c20-12-17(26)23-13-18(27)21-10-11-22-19(28)14-6-8-16(9-7-14)25-24-15-4-2-1-3-5-15/h1-9H,10-13,20H2,(H,21,27)(H,22,28)(H,23,26). The molecule has 0 atom stereocenters. The molecule has 9 heteroatoms. The van der Waals surface area contributed by atoms with Gasteiger partial charge in [0.15, 0.2) is 0 Å². The highest BCUT2D eigenvalue weighted by molar-refractivity contribution is 5.94. The summed E-state index contributed by atoms with van der Waals surface area (Å²) in [5, 5.41) is 15.8. The molecule has 0 radical (unpaired) electrons. The number of carbonyl (C=O) groups is 3. The minimum Gasteiger partial charge on any atom is -0.353 e. The molecule has 0 saturated heterocycles. The zero-order chi connectivity index (χ0) is 20.2. The van der Waals surface area contributed by atoms with Gasteiger partial charge in [0.25, 0.3) is 5.91 Å². The van der Waals surface area contributed by atoms with E-state index in [9.17, 15) is 14.4 Å². The van der Waals surface area contributed by atoms with Crippen LogP contribution in [-0.2, 0) is 9.59 Å². The number of nitrogens with one attached hydrogen (secondary N) is 3. The summed E-state index contributed by atoms with van der Waals surface area (Å²) < 4.78 is 0. The molecular weight excluding hydrogens is 360 g/mol. The van der Waals surface area contributed by atoms with E-state index >= 15 is 0 Å². The van der Waals surface area contributed by atoms with Gasteiger partial charge in [-0.15, -0.1) is 0 Å². The molecule has 3 amide bonds. The fraction of sp³-hybridized carbons (Fsp3) is 0.211. The predicted octanol–water partition coefficient (Wildman–Crippen LogP) is 1.02. The van der Waals surface area contributed by atoms with Crippen molar-refractivity contribution in [3.05, 3.63) is 60.2 Å². The van der Waals surface area contributed by atoms with Crippen molar-refractivity contribution in [2.24, 2.45) is 16.0 Å². The van der Waals surface area contributed by atoms with Crippen molar-refractivity contribution in [2.45, 2.75) is 0 Å². The van der Waals surface area contributed by atoms with Crippen LogP contribution in [0.3, 0.4) is 0 Å². The van der Waals surface area contributed by atoms with Crippen molar-refractivity contribution in [2.75, 3.05) is 26.2 Å². The third-order valence-electron chi connectivity index (χ3n) is 3.53. The summed E-state index contributed by atoms with van der Waals surface area (Å²) in [7, 11) is 0. The van der Waals surface area contributed by atoms with Crippen molar-refractivity contribution in [3.8, 4) is 0 Å². The van der Waals surface area contributed by atoms with E-state index in [1.165, 1.54) is 0 Å². The van der Waals surface area contributed by atoms with Crippen molar-refractivity contribution in [1.29, 1.82) is 0 Å². The number of hydrogen-bond acceptors (Lipinski definition) is 6. The van der Waals surface area contributed by atoms with Gasteiger partial charge < -0.3 is 21.7 Å². The Morgan fingerprint density at radius 1 is 0.750 bits per heavy atom. The van der Waals surface area contributed by atoms with Crippen LogP contribution in [0.2, 0.25) is 0 Å². The van der Waals surface area contributed by atoms with Crippen LogP contribution in [0, 0.1) is 0 Å². The molecule has 28 heavy (non-hydrogen) atoms. The average Bonchev–Trinajstić information content (AvgIpc) is 2.74. The Labute approximate surface area is 162 Å². The maximum Gasteiger partial charge on any atom is 0.251 e. The second-order valence-electron chi connectivity index (χ2n) is 5.67. The molecule has 0 heterocycles. The van der Waals surface area contributed by atoms with E-state index < -0.39 is 5.91 Å². The van der Waals surface area contributed by atoms with E-state index in [4.69, 9.17) is 5.73 Å². The van der Waals surface area contributed by atoms with Gasteiger partial charge in [0.1, 0.15) is 0 Å². The summed E-state index contributed by atoms with van der Waals surface area (Å²) >= 11 is 0. The number of nitrogens with zero attached hydrogens (tertiary/aromatic N) is 2. The normalized spacial score (nSPS) is 10.5. The van der Waals surface area contributed by atoms with Crippen LogP contribution < -0.4 is 21.7 Å². The Morgan fingerprint density at radius 3 is 2.00 bits per heavy atom. The first-order valence-corrected chi connectivity index (χ1v) is 8.67. The molecule has 146 valence electrons. The first kappa shape index (κ1) is 20.7. The number of nitrogens with two attached hydrogens (primary N) is 1. The van der Waals surface area contributed by atoms with Gasteiger partial charge in [0, 0.05) is 18.7 Å². The van der Waals surface area contributed by atoms with Crippen LogP contribution in [0.4, 0.5) is 11.4 Å². The van der Waals surface area contributed by atoms with Gasteiger partial charge in [0.2, 0.25) is 11.8 Å². The number of azo groups is 1. The van der Waals surface area contributed by atoms with Crippen LogP contribution >= 0.6 is 0 Å². The molecule has 0 aromatic heterocycles. The van der Waals surface area contributed by atoms with Gasteiger partial charge in [-0.1, -0.05) is 18.2 Å². The van der Waals surface area contributed by atoms with Crippen LogP contribution in [0.15, 0.2) is 64.8 Å². The number of benzene rings is 2. The Bertz CT molecular complexity index is 821. The zero-order valence-electron chi connectivity index (χ0n) is 15.2. The van der Waals surface area contributed by atoms with E-state index in [0.29, 0.717) is 11.3 Å². The lowest BCUT2D eigenvalue weighted by atomic mass is 10.2. The fourth-order valence-corrected chi connectivity index (χ4v) is 2.08. The van der Waals surface area contributed by atoms with Crippen molar-refractivity contribution < 1.29 is 14.4 Å². The lowest BCUT2D eigenvalue weighted by Crippen LogP contribution is -2.41. The van der Waals surface area contributed by atoms with Crippen LogP contribution in [0.25, 0.3) is 0 Å². The molecular formula is C19H22N6O3. The van der Waals surface area contributed by atoms with Gasteiger partial charge in [-0.3, -0.25) is 14.4 Å². The fourth-order valence-electron chi connectivity index (χ4n) is 2.08. The van der Waals surface area contributed by atoms with Gasteiger partial charge in [-0.25, -0.2) is 0 Å². The van der Waals surface area contributed by atoms with E-state index in [1.54, 1.807) is 24.3 Å². The third-order valence-corrected chi connectivity index (χ3v) is 3.53. The smallest absolute Gasteiger partial charge is 0.251 e. The van der Waals surface area contributed by atoms with Crippen LogP contribution in [0.5, 0.6) is 0 Å². The maximum atomic E-state index is 12.1.